The maximum absolute atomic E-state index is 11.5. The molecule has 5 nitrogen and oxygen atoms in total. The van der Waals surface area contributed by atoms with E-state index in [9.17, 15) is 9.90 Å². The predicted molar refractivity (Wildman–Crippen MR) is 77.5 cm³/mol. The third-order valence-electron chi connectivity index (χ3n) is 3.01. The topological polar surface area (TPSA) is 61.8 Å². The Kier molecular flexibility index (Phi) is 8.97. The second kappa shape index (κ2) is 9.28. The second-order valence-electron chi connectivity index (χ2n) is 5.69. The first-order valence-electron chi connectivity index (χ1n) is 7.05. The maximum atomic E-state index is 11.5. The third kappa shape index (κ3) is 7.50. The molecule has 1 unspecified atom stereocenters. The molecule has 19 heavy (non-hydrogen) atoms. The molecule has 0 amide bonds. The van der Waals surface area contributed by atoms with E-state index in [1.54, 1.807) is 14.0 Å². The molecular weight excluding hydrogens is 244 g/mol. The number of carboxylic acids is 1. The summed E-state index contributed by atoms with van der Waals surface area (Å²) in [5, 5.41) is 12.6. The van der Waals surface area contributed by atoms with Crippen LogP contribution < -0.4 is 5.32 Å². The van der Waals surface area contributed by atoms with Gasteiger partial charge in [-0.3, -0.25) is 9.69 Å². The molecule has 0 aliphatic heterocycles. The Hall–Kier alpha value is -0.650. The van der Waals surface area contributed by atoms with Gasteiger partial charge in [0, 0.05) is 26.7 Å². The lowest BCUT2D eigenvalue weighted by molar-refractivity contribution is -0.145. The van der Waals surface area contributed by atoms with Crippen molar-refractivity contribution in [3.63, 3.8) is 0 Å². The van der Waals surface area contributed by atoms with E-state index in [0.717, 1.165) is 19.5 Å². The van der Waals surface area contributed by atoms with Crippen LogP contribution in [0.4, 0.5) is 0 Å². The molecule has 0 aromatic carbocycles. The average Bonchev–Trinajstić information content (AvgIpc) is 2.32. The summed E-state index contributed by atoms with van der Waals surface area (Å²) in [5.74, 6) is -0.298. The van der Waals surface area contributed by atoms with Crippen LogP contribution in [0.25, 0.3) is 0 Å². The molecule has 0 aromatic rings. The highest BCUT2D eigenvalue weighted by atomic mass is 16.5. The smallest absolute Gasteiger partial charge is 0.324 e. The number of carboxylic acid groups (broad SMARTS) is 1. The van der Waals surface area contributed by atoms with Crippen molar-refractivity contribution in [1.82, 2.24) is 10.2 Å². The number of nitrogens with one attached hydrogen (secondary N) is 1. The van der Waals surface area contributed by atoms with Gasteiger partial charge in [0.1, 0.15) is 5.54 Å². The molecule has 114 valence electrons. The molecule has 1 atom stereocenters. The largest absolute Gasteiger partial charge is 0.480 e. The molecule has 0 fully saturated rings. The zero-order valence-electron chi connectivity index (χ0n) is 13.0. The van der Waals surface area contributed by atoms with E-state index in [-0.39, 0.29) is 0 Å². The maximum Gasteiger partial charge on any atom is 0.324 e. The Morgan fingerprint density at radius 2 is 2.11 bits per heavy atom. The summed E-state index contributed by atoms with van der Waals surface area (Å²) < 4.78 is 5.10. The van der Waals surface area contributed by atoms with Crippen molar-refractivity contribution in [1.29, 1.82) is 0 Å². The Morgan fingerprint density at radius 1 is 1.47 bits per heavy atom. The standard InChI is InChI=1S/C14H30N2O3/c1-6-7-15-14(4,13(17)18)11-16(8-9-19-5)10-12(2)3/h12,15H,6-11H2,1-5H3,(H,17,18). The van der Waals surface area contributed by atoms with Crippen LogP contribution in [0, 0.1) is 5.92 Å². The van der Waals surface area contributed by atoms with Gasteiger partial charge in [0.25, 0.3) is 0 Å². The van der Waals surface area contributed by atoms with E-state index >= 15 is 0 Å². The molecule has 0 aliphatic rings. The molecule has 0 rings (SSSR count). The van der Waals surface area contributed by atoms with Crippen molar-refractivity contribution in [3.8, 4) is 0 Å². The second-order valence-corrected chi connectivity index (χ2v) is 5.69. The van der Waals surface area contributed by atoms with Gasteiger partial charge in [0.2, 0.25) is 0 Å². The first-order chi connectivity index (χ1) is 8.85. The highest BCUT2D eigenvalue weighted by molar-refractivity contribution is 5.78. The summed E-state index contributed by atoms with van der Waals surface area (Å²) >= 11 is 0. The number of hydrogen-bond donors (Lipinski definition) is 2. The molecule has 0 aliphatic carbocycles. The van der Waals surface area contributed by atoms with Gasteiger partial charge in [-0.25, -0.2) is 0 Å². The molecule has 0 aromatic heterocycles. The molecule has 0 spiro atoms. The van der Waals surface area contributed by atoms with Crippen molar-refractivity contribution >= 4 is 5.97 Å². The highest BCUT2D eigenvalue weighted by Gasteiger charge is 2.34. The number of carbonyl (C=O) groups is 1. The average molecular weight is 274 g/mol. The lowest BCUT2D eigenvalue weighted by atomic mass is 10.0. The highest BCUT2D eigenvalue weighted by Crippen LogP contribution is 2.10. The van der Waals surface area contributed by atoms with E-state index in [4.69, 9.17) is 4.74 Å². The van der Waals surface area contributed by atoms with Crippen LogP contribution in [0.15, 0.2) is 0 Å². The van der Waals surface area contributed by atoms with Crippen LogP contribution in [0.3, 0.4) is 0 Å². The molecular formula is C14H30N2O3. The zero-order valence-corrected chi connectivity index (χ0v) is 13.0. The fourth-order valence-corrected chi connectivity index (χ4v) is 2.02. The van der Waals surface area contributed by atoms with Crippen LogP contribution >= 0.6 is 0 Å². The van der Waals surface area contributed by atoms with Crippen molar-refractivity contribution in [2.75, 3.05) is 39.9 Å². The van der Waals surface area contributed by atoms with E-state index in [0.29, 0.717) is 25.6 Å². The van der Waals surface area contributed by atoms with Crippen molar-refractivity contribution < 1.29 is 14.6 Å². The number of ether oxygens (including phenoxy) is 1. The lowest BCUT2D eigenvalue weighted by Crippen LogP contribution is -2.57. The van der Waals surface area contributed by atoms with Crippen molar-refractivity contribution in [2.24, 2.45) is 5.92 Å². The minimum atomic E-state index is -0.904. The molecule has 5 heteroatoms. The van der Waals surface area contributed by atoms with Gasteiger partial charge in [-0.1, -0.05) is 20.8 Å². The number of nitrogens with zero attached hydrogens (tertiary/aromatic N) is 1. The number of methoxy groups -OCH3 is 1. The Morgan fingerprint density at radius 3 is 2.53 bits per heavy atom. The summed E-state index contributed by atoms with van der Waals surface area (Å²) in [5.41, 5.74) is -0.904. The lowest BCUT2D eigenvalue weighted by Gasteiger charge is -2.34. The van der Waals surface area contributed by atoms with Gasteiger partial charge in [0.15, 0.2) is 0 Å². The molecule has 0 bridgehead atoms. The number of aliphatic carboxylic acids is 1. The first-order valence-corrected chi connectivity index (χ1v) is 7.05. The van der Waals surface area contributed by atoms with Crippen LogP contribution in [0.5, 0.6) is 0 Å². The zero-order chi connectivity index (χ0) is 14.9. The van der Waals surface area contributed by atoms with Gasteiger partial charge in [-0.15, -0.1) is 0 Å². The van der Waals surface area contributed by atoms with Gasteiger partial charge in [-0.2, -0.15) is 0 Å². The van der Waals surface area contributed by atoms with E-state index < -0.39 is 11.5 Å². The Balaban J connectivity index is 4.66. The molecule has 0 radical (unpaired) electrons. The third-order valence-corrected chi connectivity index (χ3v) is 3.01. The SMILES string of the molecule is CCCNC(C)(CN(CCOC)CC(C)C)C(=O)O. The molecule has 0 saturated carbocycles. The van der Waals surface area contributed by atoms with Gasteiger partial charge >= 0.3 is 5.97 Å². The summed E-state index contributed by atoms with van der Waals surface area (Å²) in [6, 6.07) is 0. The fraction of sp³-hybridized carbons (Fsp3) is 0.929. The van der Waals surface area contributed by atoms with E-state index in [1.165, 1.54) is 0 Å². The van der Waals surface area contributed by atoms with Crippen LogP contribution in [-0.4, -0.2) is 61.4 Å². The summed E-state index contributed by atoms with van der Waals surface area (Å²) in [7, 11) is 1.67. The number of rotatable bonds is 11. The first kappa shape index (κ1) is 18.4. The minimum Gasteiger partial charge on any atom is -0.480 e. The van der Waals surface area contributed by atoms with Crippen LogP contribution in [0.2, 0.25) is 0 Å². The van der Waals surface area contributed by atoms with Crippen molar-refractivity contribution in [3.05, 3.63) is 0 Å². The quantitative estimate of drug-likeness (QED) is 0.597. The van der Waals surface area contributed by atoms with Gasteiger partial charge < -0.3 is 15.2 Å². The molecule has 0 heterocycles. The fourth-order valence-electron chi connectivity index (χ4n) is 2.02. The Labute approximate surface area is 117 Å². The summed E-state index contributed by atoms with van der Waals surface area (Å²) in [6.45, 7) is 11.5. The van der Waals surface area contributed by atoms with Gasteiger partial charge in [-0.05, 0) is 25.8 Å². The predicted octanol–water partition coefficient (Wildman–Crippen LogP) is 1.43. The van der Waals surface area contributed by atoms with Crippen LogP contribution in [0.1, 0.15) is 34.1 Å². The molecule has 2 N–H and O–H groups in total. The van der Waals surface area contributed by atoms with Crippen molar-refractivity contribution in [2.45, 2.75) is 39.7 Å². The van der Waals surface area contributed by atoms with Gasteiger partial charge in [0.05, 0.1) is 6.61 Å². The van der Waals surface area contributed by atoms with E-state index in [1.807, 2.05) is 6.92 Å². The number of hydrogen-bond acceptors (Lipinski definition) is 4. The Bertz CT molecular complexity index is 259. The normalized spacial score (nSPS) is 14.9. The monoisotopic (exact) mass is 274 g/mol. The molecule has 0 saturated heterocycles. The van der Waals surface area contributed by atoms with E-state index in [2.05, 4.69) is 24.1 Å². The summed E-state index contributed by atoms with van der Waals surface area (Å²) in [6.07, 6.45) is 0.922. The minimum absolute atomic E-state index is 0.490. The van der Waals surface area contributed by atoms with Crippen LogP contribution in [-0.2, 0) is 9.53 Å². The summed E-state index contributed by atoms with van der Waals surface area (Å²) in [4.78, 5) is 13.7.